The third-order valence-corrected chi connectivity index (χ3v) is 9.66. The maximum Gasteiger partial charge on any atom is 0.325 e. The second-order valence-corrected chi connectivity index (χ2v) is 12.6. The Morgan fingerprint density at radius 3 is 2.83 bits per heavy atom. The number of nitrogens with zero attached hydrogens (tertiary/aromatic N) is 8. The lowest BCUT2D eigenvalue weighted by molar-refractivity contribution is -0.128. The lowest BCUT2D eigenvalue weighted by Gasteiger charge is -2.42. The first kappa shape index (κ1) is 31.5. The number of rotatable bonds is 6. The second kappa shape index (κ2) is 12.9. The first-order valence-corrected chi connectivity index (χ1v) is 16.2. The summed E-state index contributed by atoms with van der Waals surface area (Å²) < 4.78 is 21.4. The Bertz CT molecular complexity index is 1990. The minimum Gasteiger partial charge on any atom is -0.424 e. The largest absolute Gasteiger partial charge is 0.424 e. The van der Waals surface area contributed by atoms with Crippen molar-refractivity contribution in [1.82, 2.24) is 30.0 Å². The van der Waals surface area contributed by atoms with Gasteiger partial charge in [0.25, 0.3) is 5.91 Å². The number of aromatic amines is 1. The summed E-state index contributed by atoms with van der Waals surface area (Å²) >= 11 is 6.44. The highest BCUT2D eigenvalue weighted by molar-refractivity contribution is 6.36. The van der Waals surface area contributed by atoms with Gasteiger partial charge in [0.1, 0.15) is 23.2 Å². The third-order valence-electron chi connectivity index (χ3n) is 9.29. The molecule has 0 bridgehead atoms. The highest BCUT2D eigenvalue weighted by Gasteiger charge is 2.36. The minimum absolute atomic E-state index is 0.0113. The summed E-state index contributed by atoms with van der Waals surface area (Å²) in [6.07, 6.45) is 4.78. The summed E-state index contributed by atoms with van der Waals surface area (Å²) in [6.45, 7) is 6.71. The summed E-state index contributed by atoms with van der Waals surface area (Å²) in [5, 5.41) is 16.4. The fourth-order valence-electron chi connectivity index (χ4n) is 6.93. The smallest absolute Gasteiger partial charge is 0.325 e. The van der Waals surface area contributed by atoms with Crippen molar-refractivity contribution in [2.75, 3.05) is 49.6 Å². The molecule has 0 radical (unpaired) electrons. The summed E-state index contributed by atoms with van der Waals surface area (Å²) in [6, 6.07) is 8.97. The molecule has 246 valence electrons. The molecule has 4 aromatic rings. The van der Waals surface area contributed by atoms with Gasteiger partial charge in [0.15, 0.2) is 0 Å². The van der Waals surface area contributed by atoms with Crippen molar-refractivity contribution in [3.05, 3.63) is 76.2 Å². The number of carbonyl (C=O) groups is 2. The number of H-pyrrole nitrogens is 1. The van der Waals surface area contributed by atoms with Gasteiger partial charge in [0.2, 0.25) is 5.91 Å². The molecule has 48 heavy (non-hydrogen) atoms. The Balaban J connectivity index is 1.34. The highest BCUT2D eigenvalue weighted by atomic mass is 35.5. The van der Waals surface area contributed by atoms with Gasteiger partial charge in [-0.2, -0.15) is 20.3 Å². The van der Waals surface area contributed by atoms with Crippen LogP contribution in [0.25, 0.3) is 10.9 Å². The van der Waals surface area contributed by atoms with Crippen LogP contribution in [-0.4, -0.2) is 87.6 Å². The predicted octanol–water partition coefficient (Wildman–Crippen LogP) is 4.64. The highest BCUT2D eigenvalue weighted by Crippen LogP contribution is 2.39. The molecule has 2 aromatic heterocycles. The van der Waals surface area contributed by atoms with E-state index in [1.165, 1.54) is 23.2 Å². The normalized spacial score (nSPS) is 17.9. The van der Waals surface area contributed by atoms with Crippen LogP contribution in [0.3, 0.4) is 0 Å². The van der Waals surface area contributed by atoms with Crippen molar-refractivity contribution in [3.63, 3.8) is 0 Å². The Kier molecular flexibility index (Phi) is 8.45. The molecule has 5 heterocycles. The number of halogens is 2. The number of carbonyl (C=O) groups excluding carboxylic acids is 2. The number of piperazine rings is 1. The third kappa shape index (κ3) is 5.61. The van der Waals surface area contributed by atoms with Crippen LogP contribution in [0.1, 0.15) is 39.9 Å². The summed E-state index contributed by atoms with van der Waals surface area (Å²) in [7, 11) is 2.07. The molecular formula is C34H33ClFN9O3. The zero-order chi connectivity index (χ0) is 33.5. The van der Waals surface area contributed by atoms with E-state index in [0.717, 1.165) is 30.6 Å². The van der Waals surface area contributed by atoms with Crippen molar-refractivity contribution in [3.8, 4) is 17.8 Å². The molecule has 2 aromatic carbocycles. The topological polar surface area (TPSA) is 135 Å². The summed E-state index contributed by atoms with van der Waals surface area (Å²) in [4.78, 5) is 44.2. The number of benzene rings is 2. The number of ether oxygens (including phenoxy) is 1. The van der Waals surface area contributed by atoms with E-state index in [-0.39, 0.29) is 28.9 Å². The Morgan fingerprint density at radius 1 is 1.19 bits per heavy atom. The van der Waals surface area contributed by atoms with Crippen molar-refractivity contribution in [2.24, 2.45) is 0 Å². The molecule has 14 heteroatoms. The Labute approximate surface area is 281 Å². The van der Waals surface area contributed by atoms with Crippen LogP contribution < -0.4 is 14.5 Å². The summed E-state index contributed by atoms with van der Waals surface area (Å²) in [5.74, 6) is 0.0380. The van der Waals surface area contributed by atoms with Crippen LogP contribution in [0.4, 0.5) is 16.0 Å². The van der Waals surface area contributed by atoms with Crippen molar-refractivity contribution >= 4 is 46.0 Å². The maximum atomic E-state index is 14.9. The van der Waals surface area contributed by atoms with E-state index in [9.17, 15) is 19.2 Å². The molecule has 1 fully saturated rings. The van der Waals surface area contributed by atoms with Gasteiger partial charge < -0.3 is 19.4 Å². The van der Waals surface area contributed by atoms with E-state index in [0.29, 0.717) is 72.9 Å². The SMILES string of the molecule is C=CC(=O)N1CCN(c2nc(Oc3cccc4c3CCN(C)C4)nc3c2CCCN3C(=O)c2c(Cl)c(F)cc3[nH]ncc23)C[C@@H]1CC#N. The number of anilines is 2. The number of fused-ring (bicyclic) bond motifs is 3. The molecule has 0 unspecified atom stereocenters. The van der Waals surface area contributed by atoms with Gasteiger partial charge >= 0.3 is 6.01 Å². The number of hydrogen-bond acceptors (Lipinski definition) is 9. The number of hydrogen-bond donors (Lipinski definition) is 1. The van der Waals surface area contributed by atoms with Gasteiger partial charge in [-0.1, -0.05) is 30.3 Å². The molecule has 3 aliphatic rings. The molecule has 2 amide bonds. The van der Waals surface area contributed by atoms with Gasteiger partial charge in [0.05, 0.1) is 40.8 Å². The van der Waals surface area contributed by atoms with Crippen LogP contribution in [0.5, 0.6) is 11.8 Å². The van der Waals surface area contributed by atoms with E-state index in [1.807, 2.05) is 17.0 Å². The average Bonchev–Trinajstić information content (AvgIpc) is 3.55. The molecular weight excluding hydrogens is 637 g/mol. The van der Waals surface area contributed by atoms with Crippen LogP contribution in [-0.2, 0) is 24.2 Å². The van der Waals surface area contributed by atoms with Crippen molar-refractivity contribution < 1.29 is 18.7 Å². The van der Waals surface area contributed by atoms with Crippen molar-refractivity contribution in [1.29, 1.82) is 5.26 Å². The van der Waals surface area contributed by atoms with E-state index in [2.05, 4.69) is 40.9 Å². The zero-order valence-electron chi connectivity index (χ0n) is 26.4. The monoisotopic (exact) mass is 669 g/mol. The fraction of sp³-hybridized carbons (Fsp3) is 0.353. The maximum absolute atomic E-state index is 14.9. The molecule has 0 aliphatic carbocycles. The minimum atomic E-state index is -0.739. The lowest BCUT2D eigenvalue weighted by Crippen LogP contribution is -2.55. The molecule has 12 nitrogen and oxygen atoms in total. The van der Waals surface area contributed by atoms with E-state index >= 15 is 0 Å². The number of amides is 2. The van der Waals surface area contributed by atoms with Crippen LogP contribution in [0.2, 0.25) is 5.02 Å². The molecule has 0 spiro atoms. The Morgan fingerprint density at radius 2 is 2.02 bits per heavy atom. The van der Waals surface area contributed by atoms with Gasteiger partial charge in [-0.3, -0.25) is 19.6 Å². The first-order valence-electron chi connectivity index (χ1n) is 15.8. The van der Waals surface area contributed by atoms with E-state index in [4.69, 9.17) is 26.3 Å². The number of nitrogens with one attached hydrogen (secondary N) is 1. The van der Waals surface area contributed by atoms with E-state index < -0.39 is 17.8 Å². The van der Waals surface area contributed by atoms with Gasteiger partial charge in [-0.15, -0.1) is 0 Å². The van der Waals surface area contributed by atoms with Crippen LogP contribution in [0.15, 0.2) is 43.1 Å². The average molecular weight is 670 g/mol. The Hall–Kier alpha value is -5.06. The standard InChI is InChI=1S/C34H33ClFN9O3/c1-3-28(46)44-15-14-43(19-21(44)9-11-37)31-23-7-5-12-45(33(47)29-24-17-38-41-26(24)16-25(36)30(29)35)32(23)40-34(39-31)48-27-8-4-6-20-18-42(2)13-10-22(20)27/h3-4,6,8,16-17,21H,1,5,7,9-10,12-15,18-19H2,2H3,(H,38,41)/t21-/m0/s1. The quantitative estimate of drug-likeness (QED) is 0.292. The summed E-state index contributed by atoms with van der Waals surface area (Å²) in [5.41, 5.74) is 3.28. The molecule has 1 N–H and O–H groups in total. The molecule has 1 saturated heterocycles. The first-order chi connectivity index (χ1) is 23.3. The van der Waals surface area contributed by atoms with Gasteiger partial charge in [-0.25, -0.2) is 4.39 Å². The van der Waals surface area contributed by atoms with E-state index in [1.54, 1.807) is 4.90 Å². The van der Waals surface area contributed by atoms with Gasteiger partial charge in [-0.05, 0) is 44.0 Å². The second-order valence-electron chi connectivity index (χ2n) is 12.3. The zero-order valence-corrected chi connectivity index (χ0v) is 27.1. The number of likely N-dealkylation sites (N-methyl/N-ethyl adjacent to an activating group) is 1. The number of aromatic nitrogens is 4. The molecule has 3 aliphatic heterocycles. The van der Waals surface area contributed by atoms with Crippen molar-refractivity contribution in [2.45, 2.75) is 38.3 Å². The van der Waals surface area contributed by atoms with Crippen LogP contribution >= 0.6 is 11.6 Å². The molecule has 1 atom stereocenters. The predicted molar refractivity (Wildman–Crippen MR) is 178 cm³/mol. The lowest BCUT2D eigenvalue weighted by atomic mass is 9.99. The van der Waals surface area contributed by atoms with Gasteiger partial charge in [0, 0.05) is 61.8 Å². The van der Waals surface area contributed by atoms with Crippen LogP contribution in [0, 0.1) is 17.1 Å². The fourth-order valence-corrected chi connectivity index (χ4v) is 7.17. The molecule has 0 saturated carbocycles. The molecule has 7 rings (SSSR count). The number of nitriles is 1.